The number of allylic oxidation sites excluding steroid dienone is 17. The zero-order valence-corrected chi connectivity index (χ0v) is 59.2. The van der Waals surface area contributed by atoms with E-state index in [2.05, 4.69) is 116 Å². The summed E-state index contributed by atoms with van der Waals surface area (Å²) in [6, 6.07) is -0.945. The molecular weight excluding hydrogens is 1180 g/mol. The zero-order valence-electron chi connectivity index (χ0n) is 59.2. The number of rotatable bonds is 62. The molecule has 0 aromatic carbocycles. The van der Waals surface area contributed by atoms with Gasteiger partial charge in [0.2, 0.25) is 5.91 Å². The first-order valence-corrected chi connectivity index (χ1v) is 38.1. The smallest absolute Gasteiger partial charge is 0.220 e. The van der Waals surface area contributed by atoms with Gasteiger partial charge in [-0.15, -0.1) is 0 Å². The zero-order chi connectivity index (χ0) is 68.0. The molecule has 12 unspecified atom stereocenters. The van der Waals surface area contributed by atoms with Gasteiger partial charge in [0.15, 0.2) is 12.6 Å². The summed E-state index contributed by atoms with van der Waals surface area (Å²) in [5, 5.41) is 87.6. The second-order valence-electron chi connectivity index (χ2n) is 26.4. The van der Waals surface area contributed by atoms with Crippen molar-refractivity contribution in [2.45, 2.75) is 370 Å². The van der Waals surface area contributed by atoms with Gasteiger partial charge < -0.3 is 65.1 Å². The van der Waals surface area contributed by atoms with E-state index in [1.165, 1.54) is 180 Å². The summed E-state index contributed by atoms with van der Waals surface area (Å²) in [7, 11) is 0. The Morgan fingerprint density at radius 1 is 0.394 bits per heavy atom. The van der Waals surface area contributed by atoms with Crippen LogP contribution < -0.4 is 5.32 Å². The molecule has 542 valence electrons. The number of hydrogen-bond donors (Lipinski definition) is 9. The second-order valence-corrected chi connectivity index (χ2v) is 26.4. The minimum absolute atomic E-state index is 0.257. The summed E-state index contributed by atoms with van der Waals surface area (Å²) in [6.07, 6.45) is 74.4. The highest BCUT2D eigenvalue weighted by molar-refractivity contribution is 5.76. The monoisotopic (exact) mass is 1320 g/mol. The van der Waals surface area contributed by atoms with E-state index in [-0.39, 0.29) is 18.9 Å². The standard InChI is InChI=1S/C80H139NO13/c1-3-5-7-9-11-13-15-17-19-21-23-25-27-29-31-33-34-36-38-40-42-44-46-48-50-52-54-56-58-60-62-64-72(85)81-68(67-91-79-77(90)75(88)78(71(66-83)93-79)94-80-76(89)74(87)73(86)70(65-82)92-80)69(84)63-61-59-57-55-53-51-49-47-45-43-41-39-37-35-32-30-28-26-24-22-20-18-16-14-12-10-8-6-4-2/h5,7,11,13,17,19,23,25,29,31,34,36,40,42,53,55,61,63,68-71,73-80,82-84,86-90H,3-4,6,8-10,12,14-16,18,20-22,24,26-28,30,32-33,35,37-39,41,43-52,54,56-60,62,64-67H2,1-2H3,(H,81,85)/b7-5-,13-11-,19-17-,25-23-,31-29-,36-34-,42-40-,55-53+,63-61+. The molecule has 12 atom stereocenters. The molecule has 14 heteroatoms. The molecular formula is C80H139NO13. The fourth-order valence-electron chi connectivity index (χ4n) is 11.9. The first-order valence-electron chi connectivity index (χ1n) is 38.1. The predicted molar refractivity (Wildman–Crippen MR) is 387 cm³/mol. The number of ether oxygens (including phenoxy) is 4. The van der Waals surface area contributed by atoms with E-state index in [1.807, 2.05) is 6.08 Å². The van der Waals surface area contributed by atoms with Gasteiger partial charge in [-0.1, -0.05) is 309 Å². The summed E-state index contributed by atoms with van der Waals surface area (Å²) in [5.74, 6) is -0.257. The number of aliphatic hydroxyl groups excluding tert-OH is 8. The Bertz CT molecular complexity index is 2000. The van der Waals surface area contributed by atoms with Gasteiger partial charge >= 0.3 is 0 Å². The highest BCUT2D eigenvalue weighted by Crippen LogP contribution is 2.30. The second kappa shape index (κ2) is 63.1. The van der Waals surface area contributed by atoms with Gasteiger partial charge in [0.25, 0.3) is 0 Å². The largest absolute Gasteiger partial charge is 0.394 e. The van der Waals surface area contributed by atoms with E-state index in [1.54, 1.807) is 6.08 Å². The molecule has 0 aliphatic carbocycles. The van der Waals surface area contributed by atoms with Gasteiger partial charge in [-0.3, -0.25) is 4.79 Å². The maximum atomic E-state index is 13.4. The molecule has 0 aromatic rings. The average molecular weight is 1320 g/mol. The molecule has 0 spiro atoms. The van der Waals surface area contributed by atoms with Crippen molar-refractivity contribution in [2.24, 2.45) is 0 Å². The van der Waals surface area contributed by atoms with Crippen molar-refractivity contribution < 1.29 is 64.6 Å². The Hall–Kier alpha value is -3.35. The number of nitrogens with one attached hydrogen (secondary N) is 1. The van der Waals surface area contributed by atoms with E-state index in [9.17, 15) is 45.6 Å². The topological polar surface area (TPSA) is 228 Å². The third kappa shape index (κ3) is 46.0. The third-order valence-corrected chi connectivity index (χ3v) is 17.9. The van der Waals surface area contributed by atoms with Crippen molar-refractivity contribution in [2.75, 3.05) is 19.8 Å². The number of aliphatic hydroxyl groups is 8. The molecule has 2 aliphatic rings. The van der Waals surface area contributed by atoms with E-state index in [0.717, 1.165) is 83.5 Å². The van der Waals surface area contributed by atoms with Crippen LogP contribution in [-0.4, -0.2) is 140 Å². The van der Waals surface area contributed by atoms with Crippen LogP contribution in [0.15, 0.2) is 109 Å². The van der Waals surface area contributed by atoms with Crippen molar-refractivity contribution in [3.63, 3.8) is 0 Å². The maximum absolute atomic E-state index is 13.4. The summed E-state index contributed by atoms with van der Waals surface area (Å²) in [5.41, 5.74) is 0. The van der Waals surface area contributed by atoms with Crippen molar-refractivity contribution in [3.8, 4) is 0 Å². The number of carbonyl (C=O) groups excluding carboxylic acids is 1. The van der Waals surface area contributed by atoms with Crippen LogP contribution >= 0.6 is 0 Å². The van der Waals surface area contributed by atoms with Gasteiger partial charge in [-0.05, 0) is 89.9 Å². The lowest BCUT2D eigenvalue weighted by Crippen LogP contribution is -2.65. The van der Waals surface area contributed by atoms with E-state index < -0.39 is 86.8 Å². The number of carbonyl (C=O) groups is 1. The normalized spacial score (nSPS) is 23.1. The highest BCUT2D eigenvalue weighted by atomic mass is 16.7. The van der Waals surface area contributed by atoms with E-state index in [0.29, 0.717) is 12.8 Å². The van der Waals surface area contributed by atoms with Crippen LogP contribution in [0.5, 0.6) is 0 Å². The highest BCUT2D eigenvalue weighted by Gasteiger charge is 2.51. The van der Waals surface area contributed by atoms with Crippen molar-refractivity contribution >= 4 is 5.91 Å². The fourth-order valence-corrected chi connectivity index (χ4v) is 11.9. The minimum atomic E-state index is -1.80. The SMILES string of the molecule is CC/C=C\C/C=C\C/C=C\C/C=C\C/C=C\C/C=C\C/C=C\CCCCCCCCCCCC(=O)NC(COC1OC(CO)C(OC2OC(CO)C(O)C(O)C2O)C(O)C1O)C(O)/C=C/CC/C=C/CCCCCCCCCCCCCCCCCCCCCCCCC. The van der Waals surface area contributed by atoms with E-state index >= 15 is 0 Å². The van der Waals surface area contributed by atoms with Gasteiger partial charge in [-0.2, -0.15) is 0 Å². The third-order valence-electron chi connectivity index (χ3n) is 17.9. The van der Waals surface area contributed by atoms with Crippen molar-refractivity contribution in [1.82, 2.24) is 5.32 Å². The Kier molecular flexibility index (Phi) is 58.2. The molecule has 2 saturated heterocycles. The number of hydrogen-bond acceptors (Lipinski definition) is 13. The van der Waals surface area contributed by atoms with Crippen LogP contribution in [0.2, 0.25) is 0 Å². The first kappa shape index (κ1) is 86.7. The summed E-state index contributed by atoms with van der Waals surface area (Å²) in [6.45, 7) is 2.69. The van der Waals surface area contributed by atoms with Gasteiger partial charge in [0.1, 0.15) is 48.8 Å². The maximum Gasteiger partial charge on any atom is 0.220 e. The molecule has 1 amide bonds. The van der Waals surface area contributed by atoms with Crippen LogP contribution in [0.25, 0.3) is 0 Å². The lowest BCUT2D eigenvalue weighted by molar-refractivity contribution is -0.359. The average Bonchev–Trinajstić information content (AvgIpc) is 0.794. The molecule has 14 nitrogen and oxygen atoms in total. The summed E-state index contributed by atoms with van der Waals surface area (Å²) < 4.78 is 22.9. The van der Waals surface area contributed by atoms with Crippen LogP contribution in [0.3, 0.4) is 0 Å². The molecule has 9 N–H and O–H groups in total. The summed E-state index contributed by atoms with van der Waals surface area (Å²) >= 11 is 0. The molecule has 2 rings (SSSR count). The summed E-state index contributed by atoms with van der Waals surface area (Å²) in [4.78, 5) is 13.4. The van der Waals surface area contributed by atoms with Crippen LogP contribution in [0, 0.1) is 0 Å². The Morgan fingerprint density at radius 3 is 1.17 bits per heavy atom. The molecule has 0 radical (unpaired) electrons. The number of unbranched alkanes of at least 4 members (excludes halogenated alkanes) is 33. The Morgan fingerprint density at radius 2 is 0.745 bits per heavy atom. The minimum Gasteiger partial charge on any atom is -0.394 e. The molecule has 2 fully saturated rings. The predicted octanol–water partition coefficient (Wildman–Crippen LogP) is 16.7. The molecule has 0 bridgehead atoms. The Labute approximate surface area is 572 Å². The van der Waals surface area contributed by atoms with Gasteiger partial charge in [0, 0.05) is 6.42 Å². The van der Waals surface area contributed by atoms with Crippen LogP contribution in [-0.2, 0) is 23.7 Å². The quantitative estimate of drug-likeness (QED) is 0.0204. The van der Waals surface area contributed by atoms with Crippen LogP contribution in [0.4, 0.5) is 0 Å². The van der Waals surface area contributed by atoms with Gasteiger partial charge in [0.05, 0.1) is 32.0 Å². The van der Waals surface area contributed by atoms with Crippen LogP contribution in [0.1, 0.15) is 296 Å². The Balaban J connectivity index is 1.68. The molecule has 2 heterocycles. The lowest BCUT2D eigenvalue weighted by atomic mass is 9.97. The lowest BCUT2D eigenvalue weighted by Gasteiger charge is -2.46. The fraction of sp³-hybridized carbons (Fsp3) is 0.762. The molecule has 0 aromatic heterocycles. The number of amides is 1. The van der Waals surface area contributed by atoms with Gasteiger partial charge in [-0.25, -0.2) is 0 Å². The molecule has 0 saturated carbocycles. The molecule has 2 aliphatic heterocycles. The van der Waals surface area contributed by atoms with Crippen molar-refractivity contribution in [3.05, 3.63) is 109 Å². The first-order chi connectivity index (χ1) is 46.1. The molecule has 94 heavy (non-hydrogen) atoms. The van der Waals surface area contributed by atoms with E-state index in [4.69, 9.17) is 18.9 Å². The van der Waals surface area contributed by atoms with Crippen molar-refractivity contribution in [1.29, 1.82) is 0 Å².